The molecule has 0 bridgehead atoms. The van der Waals surface area contributed by atoms with Crippen LogP contribution in [0.4, 0.5) is 0 Å². The molecule has 0 aromatic heterocycles. The highest BCUT2D eigenvalue weighted by atomic mass is 35.5. The summed E-state index contributed by atoms with van der Waals surface area (Å²) in [5, 5.41) is 19.4. The first-order chi connectivity index (χ1) is 8.84. The molecule has 1 aliphatic rings. The molecule has 2 rings (SSSR count). The van der Waals surface area contributed by atoms with E-state index >= 15 is 0 Å². The normalized spacial score (nSPS) is 16.4. The highest BCUT2D eigenvalue weighted by Crippen LogP contribution is 2.49. The van der Waals surface area contributed by atoms with Gasteiger partial charge in [0, 0.05) is 0 Å². The van der Waals surface area contributed by atoms with Gasteiger partial charge in [0.15, 0.2) is 0 Å². The van der Waals surface area contributed by atoms with E-state index in [1.807, 2.05) is 20.8 Å². The number of rotatable bonds is 4. The molecule has 1 unspecified atom stereocenters. The summed E-state index contributed by atoms with van der Waals surface area (Å²) < 4.78 is 0. The minimum Gasteiger partial charge on any atom is -0.506 e. The lowest BCUT2D eigenvalue weighted by Gasteiger charge is -2.23. The number of phenolic OH excluding ortho intramolecular Hbond substituents is 1. The first-order valence-corrected chi connectivity index (χ1v) is 6.92. The Bertz CT molecular complexity index is 504. The van der Waals surface area contributed by atoms with Crippen LogP contribution in [0.5, 0.6) is 5.75 Å². The third-order valence-electron chi connectivity index (χ3n) is 4.22. The highest BCUT2D eigenvalue weighted by Gasteiger charge is 2.36. The Kier molecular flexibility index (Phi) is 3.77. The minimum atomic E-state index is -0.780. The van der Waals surface area contributed by atoms with Gasteiger partial charge in [0.25, 0.3) is 0 Å². The fraction of sp³-hybridized carbons (Fsp3) is 0.533. The molecular weight excluding hydrogens is 264 g/mol. The van der Waals surface area contributed by atoms with Crippen molar-refractivity contribution in [1.82, 2.24) is 0 Å². The van der Waals surface area contributed by atoms with Crippen molar-refractivity contribution in [2.75, 3.05) is 0 Å². The molecule has 1 fully saturated rings. The van der Waals surface area contributed by atoms with E-state index in [2.05, 4.69) is 0 Å². The molecular formula is C15H19ClO3. The molecule has 0 radical (unpaired) electrons. The first kappa shape index (κ1) is 14.2. The van der Waals surface area contributed by atoms with E-state index in [1.54, 1.807) is 0 Å². The zero-order valence-corrected chi connectivity index (χ0v) is 12.2. The molecule has 0 aliphatic heterocycles. The van der Waals surface area contributed by atoms with Crippen LogP contribution >= 0.6 is 11.6 Å². The second kappa shape index (κ2) is 5.04. The summed E-state index contributed by atoms with van der Waals surface area (Å²) in [6, 6.07) is 0. The van der Waals surface area contributed by atoms with E-state index in [0.717, 1.165) is 35.1 Å². The Morgan fingerprint density at radius 1 is 1.26 bits per heavy atom. The number of aromatic hydroxyl groups is 1. The van der Waals surface area contributed by atoms with Gasteiger partial charge in [-0.05, 0) is 67.7 Å². The van der Waals surface area contributed by atoms with E-state index < -0.39 is 5.97 Å². The number of phenols is 1. The Morgan fingerprint density at radius 2 is 1.84 bits per heavy atom. The van der Waals surface area contributed by atoms with Gasteiger partial charge in [-0.3, -0.25) is 4.79 Å². The van der Waals surface area contributed by atoms with Crippen molar-refractivity contribution in [3.05, 3.63) is 27.3 Å². The lowest BCUT2D eigenvalue weighted by molar-refractivity contribution is -0.137. The smallest absolute Gasteiger partial charge is 0.303 e. The van der Waals surface area contributed by atoms with Crippen LogP contribution in [0.15, 0.2) is 0 Å². The Hall–Kier alpha value is -1.22. The predicted molar refractivity (Wildman–Crippen MR) is 75.0 cm³/mol. The van der Waals surface area contributed by atoms with Crippen LogP contribution in [-0.4, -0.2) is 16.2 Å². The van der Waals surface area contributed by atoms with Gasteiger partial charge in [-0.15, -0.1) is 0 Å². The van der Waals surface area contributed by atoms with Crippen molar-refractivity contribution < 1.29 is 15.0 Å². The molecule has 3 nitrogen and oxygen atoms in total. The number of carboxylic acid groups (broad SMARTS) is 1. The molecule has 1 aromatic carbocycles. The third-order valence-corrected chi connectivity index (χ3v) is 4.68. The van der Waals surface area contributed by atoms with Gasteiger partial charge < -0.3 is 10.2 Å². The quantitative estimate of drug-likeness (QED) is 0.879. The van der Waals surface area contributed by atoms with Crippen LogP contribution in [0.3, 0.4) is 0 Å². The van der Waals surface area contributed by atoms with Crippen molar-refractivity contribution >= 4 is 17.6 Å². The van der Waals surface area contributed by atoms with Crippen molar-refractivity contribution in [2.45, 2.75) is 46.0 Å². The summed E-state index contributed by atoms with van der Waals surface area (Å²) in [4.78, 5) is 11.1. The fourth-order valence-electron chi connectivity index (χ4n) is 2.87. The predicted octanol–water partition coefficient (Wildman–Crippen LogP) is 3.94. The Morgan fingerprint density at radius 3 is 2.32 bits per heavy atom. The molecule has 0 amide bonds. The molecule has 2 N–H and O–H groups in total. The molecule has 19 heavy (non-hydrogen) atoms. The maximum atomic E-state index is 11.1. The molecule has 1 atom stereocenters. The largest absolute Gasteiger partial charge is 0.506 e. The molecule has 1 aliphatic carbocycles. The number of halogens is 1. The number of carboxylic acids is 1. The maximum absolute atomic E-state index is 11.1. The van der Waals surface area contributed by atoms with Crippen molar-refractivity contribution in [2.24, 2.45) is 5.92 Å². The highest BCUT2D eigenvalue weighted by molar-refractivity contribution is 6.33. The molecule has 4 heteroatoms. The number of aliphatic carboxylic acids is 1. The van der Waals surface area contributed by atoms with E-state index in [9.17, 15) is 9.90 Å². The van der Waals surface area contributed by atoms with Gasteiger partial charge in [0.05, 0.1) is 11.4 Å². The number of carbonyl (C=O) groups is 1. The molecule has 104 valence electrons. The lowest BCUT2D eigenvalue weighted by atomic mass is 9.83. The molecule has 0 spiro atoms. The number of hydrogen-bond acceptors (Lipinski definition) is 2. The summed E-state index contributed by atoms with van der Waals surface area (Å²) in [6.07, 6.45) is 2.29. The third kappa shape index (κ3) is 2.57. The summed E-state index contributed by atoms with van der Waals surface area (Å²) in [7, 11) is 0. The van der Waals surface area contributed by atoms with Gasteiger partial charge in [-0.1, -0.05) is 11.6 Å². The average Bonchev–Trinajstić information content (AvgIpc) is 3.16. The zero-order chi connectivity index (χ0) is 14.3. The van der Waals surface area contributed by atoms with Gasteiger partial charge in [0.1, 0.15) is 5.75 Å². The lowest BCUT2D eigenvalue weighted by Crippen LogP contribution is -2.12. The SMILES string of the molecule is Cc1c(C)c(C(CC(=O)O)C2CC2)c(C)c(Cl)c1O. The van der Waals surface area contributed by atoms with E-state index in [4.69, 9.17) is 16.7 Å². The van der Waals surface area contributed by atoms with Crippen LogP contribution in [0, 0.1) is 26.7 Å². The Balaban J connectivity index is 2.56. The topological polar surface area (TPSA) is 57.5 Å². The zero-order valence-electron chi connectivity index (χ0n) is 11.5. The van der Waals surface area contributed by atoms with Crippen LogP contribution in [0.1, 0.15) is 47.4 Å². The standard InChI is InChI=1S/C15H19ClO3/c1-7-8(2)15(19)14(16)9(3)13(7)11(6-12(17)18)10-4-5-10/h10-11,19H,4-6H2,1-3H3,(H,17,18). The van der Waals surface area contributed by atoms with E-state index in [0.29, 0.717) is 10.9 Å². The van der Waals surface area contributed by atoms with Crippen LogP contribution < -0.4 is 0 Å². The van der Waals surface area contributed by atoms with Crippen LogP contribution in [0.25, 0.3) is 0 Å². The van der Waals surface area contributed by atoms with Crippen LogP contribution in [-0.2, 0) is 4.79 Å². The summed E-state index contributed by atoms with van der Waals surface area (Å²) in [5.41, 5.74) is 3.56. The second-order valence-electron chi connectivity index (χ2n) is 5.49. The monoisotopic (exact) mass is 282 g/mol. The second-order valence-corrected chi connectivity index (χ2v) is 5.87. The molecule has 1 saturated carbocycles. The van der Waals surface area contributed by atoms with Gasteiger partial charge in [-0.25, -0.2) is 0 Å². The van der Waals surface area contributed by atoms with E-state index in [-0.39, 0.29) is 18.1 Å². The molecule has 1 aromatic rings. The van der Waals surface area contributed by atoms with E-state index in [1.165, 1.54) is 0 Å². The van der Waals surface area contributed by atoms with Crippen molar-refractivity contribution in [3.63, 3.8) is 0 Å². The van der Waals surface area contributed by atoms with Crippen LogP contribution in [0.2, 0.25) is 5.02 Å². The molecule has 0 saturated heterocycles. The summed E-state index contributed by atoms with van der Waals surface area (Å²) in [5.74, 6) is -0.217. The summed E-state index contributed by atoms with van der Waals surface area (Å²) >= 11 is 6.17. The fourth-order valence-corrected chi connectivity index (χ4v) is 3.11. The van der Waals surface area contributed by atoms with Crippen molar-refractivity contribution in [3.8, 4) is 5.75 Å². The Labute approximate surface area is 118 Å². The molecule has 0 heterocycles. The first-order valence-electron chi connectivity index (χ1n) is 6.54. The van der Waals surface area contributed by atoms with Crippen molar-refractivity contribution in [1.29, 1.82) is 0 Å². The van der Waals surface area contributed by atoms with Gasteiger partial charge in [-0.2, -0.15) is 0 Å². The summed E-state index contributed by atoms with van der Waals surface area (Å²) in [6.45, 7) is 5.62. The maximum Gasteiger partial charge on any atom is 0.303 e. The van der Waals surface area contributed by atoms with Gasteiger partial charge in [0.2, 0.25) is 0 Å². The van der Waals surface area contributed by atoms with Gasteiger partial charge >= 0.3 is 5.97 Å². The minimum absolute atomic E-state index is 0.00861. The number of benzene rings is 1. The number of hydrogen-bond donors (Lipinski definition) is 2. The average molecular weight is 283 g/mol.